The van der Waals surface area contributed by atoms with Crippen LogP contribution in [0.3, 0.4) is 0 Å². The molecule has 0 atom stereocenters. The fourth-order valence-electron chi connectivity index (χ4n) is 1.73. The highest BCUT2D eigenvalue weighted by Crippen LogP contribution is 2.26. The number of halogens is 1. The van der Waals surface area contributed by atoms with Crippen LogP contribution in [-0.2, 0) is 12.3 Å². The number of aromatic nitrogens is 1. The zero-order chi connectivity index (χ0) is 13.5. The number of methoxy groups -OCH3 is 1. The van der Waals surface area contributed by atoms with Gasteiger partial charge in [-0.3, -0.25) is 4.98 Å². The van der Waals surface area contributed by atoms with E-state index in [4.69, 9.17) is 21.1 Å². The molecule has 0 aliphatic rings. The molecule has 100 valence electrons. The van der Waals surface area contributed by atoms with Crippen molar-refractivity contribution in [3.8, 4) is 11.5 Å². The standard InChI is InChI=1S/C15H16ClNO2/c1-18-14-5-4-13(10-16)15(9-14)19-8-6-12-3-2-7-17-11-12/h2-5,7,9,11H,6,8,10H2,1H3. The summed E-state index contributed by atoms with van der Waals surface area (Å²) in [6.45, 7) is 0.586. The lowest BCUT2D eigenvalue weighted by Gasteiger charge is -2.11. The molecule has 0 amide bonds. The number of hydrogen-bond donors (Lipinski definition) is 0. The maximum absolute atomic E-state index is 5.89. The smallest absolute Gasteiger partial charge is 0.127 e. The fourth-order valence-corrected chi connectivity index (χ4v) is 1.95. The van der Waals surface area contributed by atoms with E-state index in [1.807, 2.05) is 36.5 Å². The Morgan fingerprint density at radius 1 is 1.26 bits per heavy atom. The first-order valence-corrected chi connectivity index (χ1v) is 6.61. The van der Waals surface area contributed by atoms with E-state index in [1.165, 1.54) is 0 Å². The molecule has 1 heterocycles. The average molecular weight is 278 g/mol. The number of ether oxygens (including phenoxy) is 2. The second-order valence-corrected chi connectivity index (χ2v) is 4.33. The van der Waals surface area contributed by atoms with Gasteiger partial charge in [0.1, 0.15) is 11.5 Å². The van der Waals surface area contributed by atoms with Crippen molar-refractivity contribution in [2.45, 2.75) is 12.3 Å². The van der Waals surface area contributed by atoms with Crippen LogP contribution < -0.4 is 9.47 Å². The molecule has 2 aromatic rings. The second kappa shape index (κ2) is 7.00. The summed E-state index contributed by atoms with van der Waals surface area (Å²) in [6.07, 6.45) is 4.42. The van der Waals surface area contributed by atoms with E-state index in [1.54, 1.807) is 13.3 Å². The Morgan fingerprint density at radius 3 is 2.84 bits per heavy atom. The number of nitrogens with zero attached hydrogens (tertiary/aromatic N) is 1. The van der Waals surface area contributed by atoms with Crippen LogP contribution in [0.25, 0.3) is 0 Å². The van der Waals surface area contributed by atoms with Crippen LogP contribution in [-0.4, -0.2) is 18.7 Å². The lowest BCUT2D eigenvalue weighted by molar-refractivity contribution is 0.316. The van der Waals surface area contributed by atoms with Crippen LogP contribution in [0, 0.1) is 0 Å². The van der Waals surface area contributed by atoms with E-state index in [2.05, 4.69) is 4.98 Å². The Balaban J connectivity index is 1.98. The monoisotopic (exact) mass is 277 g/mol. The molecule has 0 saturated carbocycles. The Morgan fingerprint density at radius 2 is 2.16 bits per heavy atom. The van der Waals surface area contributed by atoms with Gasteiger partial charge in [0.15, 0.2) is 0 Å². The normalized spacial score (nSPS) is 10.2. The van der Waals surface area contributed by atoms with E-state index >= 15 is 0 Å². The molecule has 0 spiro atoms. The fraction of sp³-hybridized carbons (Fsp3) is 0.267. The van der Waals surface area contributed by atoms with Crippen molar-refractivity contribution in [1.82, 2.24) is 4.98 Å². The third kappa shape index (κ3) is 3.86. The highest BCUT2D eigenvalue weighted by atomic mass is 35.5. The number of benzene rings is 1. The molecule has 0 aliphatic heterocycles. The summed E-state index contributed by atoms with van der Waals surface area (Å²) in [4.78, 5) is 4.07. The number of hydrogen-bond acceptors (Lipinski definition) is 3. The largest absolute Gasteiger partial charge is 0.497 e. The topological polar surface area (TPSA) is 31.4 Å². The maximum atomic E-state index is 5.89. The number of alkyl halides is 1. The molecular weight excluding hydrogens is 262 g/mol. The van der Waals surface area contributed by atoms with Crippen LogP contribution in [0.15, 0.2) is 42.7 Å². The molecule has 3 nitrogen and oxygen atoms in total. The molecule has 0 bridgehead atoms. The first-order chi connectivity index (χ1) is 9.33. The van der Waals surface area contributed by atoms with E-state index in [-0.39, 0.29) is 0 Å². The minimum Gasteiger partial charge on any atom is -0.497 e. The van der Waals surface area contributed by atoms with Gasteiger partial charge in [0.2, 0.25) is 0 Å². The summed E-state index contributed by atoms with van der Waals surface area (Å²) in [5.41, 5.74) is 2.12. The van der Waals surface area contributed by atoms with Gasteiger partial charge in [0.05, 0.1) is 19.6 Å². The number of pyridine rings is 1. The van der Waals surface area contributed by atoms with E-state index in [9.17, 15) is 0 Å². The molecule has 0 fully saturated rings. The van der Waals surface area contributed by atoms with Crippen molar-refractivity contribution >= 4 is 11.6 Å². The van der Waals surface area contributed by atoms with Gasteiger partial charge in [-0.25, -0.2) is 0 Å². The van der Waals surface area contributed by atoms with Crippen LogP contribution in [0.5, 0.6) is 11.5 Å². The highest BCUT2D eigenvalue weighted by Gasteiger charge is 2.05. The first kappa shape index (κ1) is 13.7. The molecule has 1 aromatic heterocycles. The zero-order valence-corrected chi connectivity index (χ0v) is 11.6. The van der Waals surface area contributed by atoms with Gasteiger partial charge >= 0.3 is 0 Å². The van der Waals surface area contributed by atoms with Gasteiger partial charge in [0, 0.05) is 30.4 Å². The quantitative estimate of drug-likeness (QED) is 0.758. The maximum Gasteiger partial charge on any atom is 0.127 e. The number of rotatable bonds is 6. The summed E-state index contributed by atoms with van der Waals surface area (Å²) in [5, 5.41) is 0. The van der Waals surface area contributed by atoms with Crippen LogP contribution in [0.2, 0.25) is 0 Å². The Bertz CT molecular complexity index is 517. The zero-order valence-electron chi connectivity index (χ0n) is 10.8. The van der Waals surface area contributed by atoms with Crippen molar-refractivity contribution in [1.29, 1.82) is 0 Å². The van der Waals surface area contributed by atoms with Crippen molar-refractivity contribution in [2.24, 2.45) is 0 Å². The van der Waals surface area contributed by atoms with E-state index in [0.29, 0.717) is 12.5 Å². The van der Waals surface area contributed by atoms with Gasteiger partial charge in [-0.05, 0) is 17.7 Å². The van der Waals surface area contributed by atoms with Gasteiger partial charge in [-0.15, -0.1) is 11.6 Å². The van der Waals surface area contributed by atoms with Crippen molar-refractivity contribution < 1.29 is 9.47 Å². The van der Waals surface area contributed by atoms with Crippen LogP contribution >= 0.6 is 11.6 Å². The second-order valence-electron chi connectivity index (χ2n) is 4.07. The third-order valence-corrected chi connectivity index (χ3v) is 3.08. The molecule has 2 rings (SSSR count). The Labute approximate surface area is 118 Å². The Hall–Kier alpha value is -1.74. The van der Waals surface area contributed by atoms with Crippen LogP contribution in [0.4, 0.5) is 0 Å². The Kier molecular flexibility index (Phi) is 5.04. The lowest BCUT2D eigenvalue weighted by atomic mass is 10.2. The molecular formula is C15H16ClNO2. The molecule has 0 N–H and O–H groups in total. The van der Waals surface area contributed by atoms with Gasteiger partial charge in [-0.1, -0.05) is 12.1 Å². The SMILES string of the molecule is COc1ccc(CCl)c(OCCc2cccnc2)c1. The minimum absolute atomic E-state index is 0.423. The van der Waals surface area contributed by atoms with Gasteiger partial charge < -0.3 is 9.47 Å². The molecule has 1 aromatic carbocycles. The lowest BCUT2D eigenvalue weighted by Crippen LogP contribution is -2.03. The van der Waals surface area contributed by atoms with Gasteiger partial charge in [-0.2, -0.15) is 0 Å². The summed E-state index contributed by atoms with van der Waals surface area (Å²) in [5.74, 6) is 1.97. The first-order valence-electron chi connectivity index (χ1n) is 6.08. The summed E-state index contributed by atoms with van der Waals surface area (Å²) in [6, 6.07) is 9.62. The average Bonchev–Trinajstić information content (AvgIpc) is 2.48. The summed E-state index contributed by atoms with van der Waals surface area (Å²) in [7, 11) is 1.63. The minimum atomic E-state index is 0.423. The van der Waals surface area contributed by atoms with Crippen molar-refractivity contribution in [3.05, 3.63) is 53.9 Å². The molecule has 0 aliphatic carbocycles. The van der Waals surface area contributed by atoms with Gasteiger partial charge in [0.25, 0.3) is 0 Å². The molecule has 0 radical (unpaired) electrons. The molecule has 0 unspecified atom stereocenters. The molecule has 0 saturated heterocycles. The highest BCUT2D eigenvalue weighted by molar-refractivity contribution is 6.17. The van der Waals surface area contributed by atoms with Crippen LogP contribution in [0.1, 0.15) is 11.1 Å². The third-order valence-electron chi connectivity index (χ3n) is 2.79. The van der Waals surface area contributed by atoms with Crippen molar-refractivity contribution in [3.63, 3.8) is 0 Å². The molecule has 4 heteroatoms. The predicted molar refractivity (Wildman–Crippen MR) is 76.0 cm³/mol. The van der Waals surface area contributed by atoms with E-state index in [0.717, 1.165) is 29.0 Å². The van der Waals surface area contributed by atoms with E-state index < -0.39 is 0 Å². The molecule has 19 heavy (non-hydrogen) atoms. The summed E-state index contributed by atoms with van der Waals surface area (Å²) < 4.78 is 11.0. The predicted octanol–water partition coefficient (Wildman–Crippen LogP) is 3.45. The van der Waals surface area contributed by atoms with Crippen molar-refractivity contribution in [2.75, 3.05) is 13.7 Å². The summed E-state index contributed by atoms with van der Waals surface area (Å²) >= 11 is 5.89.